The van der Waals surface area contributed by atoms with Crippen LogP contribution in [0.2, 0.25) is 5.02 Å². The van der Waals surface area contributed by atoms with Crippen LogP contribution in [0.3, 0.4) is 0 Å². The fraction of sp³-hybridized carbons (Fsp3) is 0.500. The summed E-state index contributed by atoms with van der Waals surface area (Å²) in [5.41, 5.74) is 3.31. The summed E-state index contributed by atoms with van der Waals surface area (Å²) in [6.07, 6.45) is 2.42. The number of halogens is 1. The summed E-state index contributed by atoms with van der Waals surface area (Å²) in [4.78, 5) is 4.79. The van der Waals surface area contributed by atoms with Gasteiger partial charge in [0.25, 0.3) is 0 Å². The third kappa shape index (κ3) is 3.96. The molecule has 0 saturated carbocycles. The van der Waals surface area contributed by atoms with Gasteiger partial charge in [0.05, 0.1) is 10.5 Å². The summed E-state index contributed by atoms with van der Waals surface area (Å²) in [5, 5.41) is 5.40. The maximum absolute atomic E-state index is 6.35. The Morgan fingerprint density at radius 2 is 2.00 bits per heavy atom. The van der Waals surface area contributed by atoms with Gasteiger partial charge in [-0.1, -0.05) is 57.8 Å². The molecule has 0 aliphatic carbocycles. The number of rotatable bonds is 5. The van der Waals surface area contributed by atoms with Crippen molar-refractivity contribution in [2.75, 3.05) is 6.54 Å². The standard InChI is InChI=1S/C18H25ClN2/c1-5-6-10-20-12-13-11-16(18(2,3)4)21-17-14(13)8-7-9-15(17)19/h7-9,11,20H,5-6,10,12H2,1-4H3. The van der Waals surface area contributed by atoms with Gasteiger partial charge in [0, 0.05) is 23.0 Å². The Kier molecular flexibility index (Phi) is 5.23. The molecule has 2 nitrogen and oxygen atoms in total. The summed E-state index contributed by atoms with van der Waals surface area (Å²) in [6.45, 7) is 10.7. The number of nitrogens with zero attached hydrogens (tertiary/aromatic N) is 1. The average molecular weight is 305 g/mol. The van der Waals surface area contributed by atoms with Gasteiger partial charge in [-0.15, -0.1) is 0 Å². The van der Waals surface area contributed by atoms with Crippen LogP contribution in [0.5, 0.6) is 0 Å². The van der Waals surface area contributed by atoms with Crippen molar-refractivity contribution in [1.82, 2.24) is 10.3 Å². The lowest BCUT2D eigenvalue weighted by molar-refractivity contribution is 0.569. The van der Waals surface area contributed by atoms with Gasteiger partial charge < -0.3 is 5.32 Å². The van der Waals surface area contributed by atoms with Crippen molar-refractivity contribution < 1.29 is 0 Å². The Hall–Kier alpha value is -1.12. The first kappa shape index (κ1) is 16.3. The van der Waals surface area contributed by atoms with E-state index in [1.165, 1.54) is 18.4 Å². The molecule has 0 saturated heterocycles. The second kappa shape index (κ2) is 6.76. The van der Waals surface area contributed by atoms with E-state index in [-0.39, 0.29) is 5.41 Å². The molecule has 2 aromatic rings. The van der Waals surface area contributed by atoms with Crippen molar-refractivity contribution in [3.8, 4) is 0 Å². The summed E-state index contributed by atoms with van der Waals surface area (Å²) in [6, 6.07) is 8.24. The van der Waals surface area contributed by atoms with Gasteiger partial charge >= 0.3 is 0 Å². The molecule has 0 fully saturated rings. The Labute approximate surface area is 132 Å². The predicted octanol–water partition coefficient (Wildman–Crippen LogP) is 5.08. The van der Waals surface area contributed by atoms with Crippen LogP contribution in [0.4, 0.5) is 0 Å². The smallest absolute Gasteiger partial charge is 0.0894 e. The highest BCUT2D eigenvalue weighted by molar-refractivity contribution is 6.35. The Morgan fingerprint density at radius 3 is 2.67 bits per heavy atom. The second-order valence-electron chi connectivity index (χ2n) is 6.58. The van der Waals surface area contributed by atoms with Crippen LogP contribution in [-0.4, -0.2) is 11.5 Å². The van der Waals surface area contributed by atoms with Gasteiger partial charge in [-0.2, -0.15) is 0 Å². The molecule has 1 heterocycles. The molecule has 0 radical (unpaired) electrons. The van der Waals surface area contributed by atoms with Gasteiger partial charge in [0.2, 0.25) is 0 Å². The summed E-state index contributed by atoms with van der Waals surface area (Å²) < 4.78 is 0. The monoisotopic (exact) mass is 304 g/mol. The van der Waals surface area contributed by atoms with E-state index in [1.807, 2.05) is 12.1 Å². The molecular formula is C18H25ClN2. The molecule has 1 aromatic heterocycles. The fourth-order valence-electron chi connectivity index (χ4n) is 2.34. The molecular weight excluding hydrogens is 280 g/mol. The SMILES string of the molecule is CCCCNCc1cc(C(C)(C)C)nc2c(Cl)cccc12. The molecule has 2 rings (SSSR count). The number of fused-ring (bicyclic) bond motifs is 1. The number of aromatic nitrogens is 1. The normalized spacial score (nSPS) is 12.0. The van der Waals surface area contributed by atoms with Gasteiger partial charge in [0.1, 0.15) is 0 Å². The molecule has 3 heteroatoms. The number of unbranched alkanes of at least 4 members (excludes halogenated alkanes) is 1. The van der Waals surface area contributed by atoms with Crippen LogP contribution in [0.1, 0.15) is 51.8 Å². The van der Waals surface area contributed by atoms with Crippen molar-refractivity contribution in [2.45, 2.75) is 52.5 Å². The molecule has 0 aliphatic heterocycles. The summed E-state index contributed by atoms with van der Waals surface area (Å²) >= 11 is 6.35. The molecule has 21 heavy (non-hydrogen) atoms. The van der Waals surface area contributed by atoms with Gasteiger partial charge in [0.15, 0.2) is 0 Å². The zero-order valence-corrected chi connectivity index (χ0v) is 14.2. The minimum Gasteiger partial charge on any atom is -0.313 e. The van der Waals surface area contributed by atoms with Gasteiger partial charge in [-0.05, 0) is 30.7 Å². The third-order valence-electron chi connectivity index (χ3n) is 3.67. The van der Waals surface area contributed by atoms with Crippen LogP contribution < -0.4 is 5.32 Å². The van der Waals surface area contributed by atoms with Crippen LogP contribution >= 0.6 is 11.6 Å². The molecule has 0 spiro atoms. The zero-order valence-electron chi connectivity index (χ0n) is 13.5. The summed E-state index contributed by atoms with van der Waals surface area (Å²) in [5.74, 6) is 0. The van der Waals surface area contributed by atoms with Crippen molar-refractivity contribution in [2.24, 2.45) is 0 Å². The largest absolute Gasteiger partial charge is 0.313 e. The molecule has 0 amide bonds. The number of para-hydroxylation sites is 1. The van der Waals surface area contributed by atoms with Crippen LogP contribution in [-0.2, 0) is 12.0 Å². The Balaban J connectivity index is 2.43. The molecule has 0 bridgehead atoms. The number of hydrogen-bond acceptors (Lipinski definition) is 2. The van der Waals surface area contributed by atoms with Crippen LogP contribution in [0.15, 0.2) is 24.3 Å². The van der Waals surface area contributed by atoms with Crippen LogP contribution in [0, 0.1) is 0 Å². The molecule has 114 valence electrons. The number of pyridine rings is 1. The molecule has 1 aromatic carbocycles. The maximum Gasteiger partial charge on any atom is 0.0894 e. The first-order valence-corrected chi connectivity index (χ1v) is 8.10. The average Bonchev–Trinajstić information content (AvgIpc) is 2.43. The Morgan fingerprint density at radius 1 is 1.24 bits per heavy atom. The predicted molar refractivity (Wildman–Crippen MR) is 92.1 cm³/mol. The van der Waals surface area contributed by atoms with Gasteiger partial charge in [-0.3, -0.25) is 4.98 Å². The lowest BCUT2D eigenvalue weighted by Crippen LogP contribution is -2.18. The van der Waals surface area contributed by atoms with Crippen molar-refractivity contribution in [3.63, 3.8) is 0 Å². The third-order valence-corrected chi connectivity index (χ3v) is 3.97. The van der Waals surface area contributed by atoms with Crippen molar-refractivity contribution >= 4 is 22.5 Å². The minimum absolute atomic E-state index is 0.0194. The second-order valence-corrected chi connectivity index (χ2v) is 6.99. The van der Waals surface area contributed by atoms with E-state index in [0.717, 1.165) is 34.7 Å². The lowest BCUT2D eigenvalue weighted by atomic mass is 9.90. The number of hydrogen-bond donors (Lipinski definition) is 1. The first-order valence-electron chi connectivity index (χ1n) is 7.73. The highest BCUT2D eigenvalue weighted by atomic mass is 35.5. The van der Waals surface area contributed by atoms with E-state index in [4.69, 9.17) is 16.6 Å². The zero-order chi connectivity index (χ0) is 15.5. The number of benzene rings is 1. The van der Waals surface area contributed by atoms with E-state index in [1.54, 1.807) is 0 Å². The van der Waals surface area contributed by atoms with E-state index >= 15 is 0 Å². The highest BCUT2D eigenvalue weighted by Crippen LogP contribution is 2.29. The lowest BCUT2D eigenvalue weighted by Gasteiger charge is -2.20. The van der Waals surface area contributed by atoms with Crippen molar-refractivity contribution in [1.29, 1.82) is 0 Å². The maximum atomic E-state index is 6.35. The quantitative estimate of drug-likeness (QED) is 0.780. The topological polar surface area (TPSA) is 24.9 Å². The molecule has 0 atom stereocenters. The molecule has 1 N–H and O–H groups in total. The van der Waals surface area contributed by atoms with E-state index in [9.17, 15) is 0 Å². The molecule has 0 aliphatic rings. The van der Waals surface area contributed by atoms with Crippen molar-refractivity contribution in [3.05, 3.63) is 40.5 Å². The summed E-state index contributed by atoms with van der Waals surface area (Å²) in [7, 11) is 0. The van der Waals surface area contributed by atoms with Crippen LogP contribution in [0.25, 0.3) is 10.9 Å². The molecule has 0 unspecified atom stereocenters. The van der Waals surface area contributed by atoms with Gasteiger partial charge in [-0.25, -0.2) is 0 Å². The highest BCUT2D eigenvalue weighted by Gasteiger charge is 2.18. The van der Waals surface area contributed by atoms with E-state index in [2.05, 4.69) is 45.1 Å². The van der Waals surface area contributed by atoms with E-state index in [0.29, 0.717) is 0 Å². The first-order chi connectivity index (χ1) is 9.93. The minimum atomic E-state index is 0.0194. The Bertz CT molecular complexity index is 614. The van der Waals surface area contributed by atoms with E-state index < -0.39 is 0 Å². The number of nitrogens with one attached hydrogen (secondary N) is 1. The fourth-order valence-corrected chi connectivity index (χ4v) is 2.56.